The predicted molar refractivity (Wildman–Crippen MR) is 79.0 cm³/mol. The summed E-state index contributed by atoms with van der Waals surface area (Å²) in [6.45, 7) is 3.25. The summed E-state index contributed by atoms with van der Waals surface area (Å²) in [7, 11) is -3.36. The summed E-state index contributed by atoms with van der Waals surface area (Å²) >= 11 is 0. The van der Waals surface area contributed by atoms with Gasteiger partial charge in [0, 0.05) is 19.6 Å². The number of sulfonamides is 1. The van der Waals surface area contributed by atoms with E-state index in [1.165, 1.54) is 10.6 Å². The molecule has 0 radical (unpaired) electrons. The number of likely N-dealkylation sites (tertiary alicyclic amines) is 1. The molecule has 122 valence electrons. The Labute approximate surface area is 126 Å². The molecule has 0 aromatic heterocycles. The third kappa shape index (κ3) is 3.08. The Bertz CT molecular complexity index is 514. The minimum atomic E-state index is -3.36. The lowest BCUT2D eigenvalue weighted by Gasteiger charge is -2.39. The summed E-state index contributed by atoms with van der Waals surface area (Å²) in [6.07, 6.45) is 3.32. The molecule has 2 aliphatic heterocycles. The number of carbonyl (C=O) groups is 1. The molecule has 1 amide bonds. The summed E-state index contributed by atoms with van der Waals surface area (Å²) in [5.41, 5.74) is 4.49. The van der Waals surface area contributed by atoms with E-state index in [2.05, 4.69) is 0 Å². The molecule has 21 heavy (non-hydrogen) atoms. The summed E-state index contributed by atoms with van der Waals surface area (Å²) in [5, 5.41) is 9.66. The van der Waals surface area contributed by atoms with Gasteiger partial charge in [0.05, 0.1) is 24.9 Å². The molecule has 1 spiro atoms. The molecule has 0 aliphatic carbocycles. The number of aliphatic hydroxyl groups is 1. The fourth-order valence-electron chi connectivity index (χ4n) is 3.79. The van der Waals surface area contributed by atoms with Crippen molar-refractivity contribution in [2.24, 2.45) is 11.1 Å². The molecule has 2 heterocycles. The Morgan fingerprint density at radius 3 is 2.29 bits per heavy atom. The highest BCUT2D eigenvalue weighted by molar-refractivity contribution is 7.88. The van der Waals surface area contributed by atoms with Gasteiger partial charge in [-0.15, -0.1) is 0 Å². The molecular weight excluding hydrogens is 294 g/mol. The van der Waals surface area contributed by atoms with Gasteiger partial charge in [0.2, 0.25) is 15.9 Å². The molecule has 2 fully saturated rings. The van der Waals surface area contributed by atoms with Crippen molar-refractivity contribution in [1.29, 1.82) is 0 Å². The van der Waals surface area contributed by atoms with Crippen molar-refractivity contribution in [3.8, 4) is 0 Å². The van der Waals surface area contributed by atoms with Gasteiger partial charge in [-0.05, 0) is 31.6 Å². The Morgan fingerprint density at radius 1 is 1.33 bits per heavy atom. The van der Waals surface area contributed by atoms with Crippen molar-refractivity contribution in [2.45, 2.75) is 31.7 Å². The minimum absolute atomic E-state index is 0.0107. The molecule has 7 nitrogen and oxygen atoms in total. The van der Waals surface area contributed by atoms with Gasteiger partial charge in [0.15, 0.2) is 0 Å². The maximum atomic E-state index is 12.0. The van der Waals surface area contributed by atoms with Crippen LogP contribution >= 0.6 is 0 Å². The normalized spacial score (nSPS) is 30.0. The second-order valence-corrected chi connectivity index (χ2v) is 8.59. The highest BCUT2D eigenvalue weighted by Gasteiger charge is 2.54. The molecular formula is C13H25N3O4S. The van der Waals surface area contributed by atoms with E-state index < -0.39 is 15.6 Å². The quantitative estimate of drug-likeness (QED) is 0.692. The first-order valence-corrected chi connectivity index (χ1v) is 9.07. The average Bonchev–Trinajstić information content (AvgIpc) is 2.73. The van der Waals surface area contributed by atoms with Crippen LogP contribution in [0.15, 0.2) is 0 Å². The van der Waals surface area contributed by atoms with Gasteiger partial charge in [-0.2, -0.15) is 4.31 Å². The maximum absolute atomic E-state index is 12.0. The summed E-state index contributed by atoms with van der Waals surface area (Å²) in [6, 6.07) is 0. The van der Waals surface area contributed by atoms with E-state index in [0.29, 0.717) is 26.1 Å². The molecule has 8 heteroatoms. The molecule has 0 unspecified atom stereocenters. The van der Waals surface area contributed by atoms with Crippen molar-refractivity contribution in [1.82, 2.24) is 9.21 Å². The first kappa shape index (κ1) is 16.7. The first-order valence-electron chi connectivity index (χ1n) is 7.22. The molecule has 0 bridgehead atoms. The van der Waals surface area contributed by atoms with Crippen molar-refractivity contribution in [2.75, 3.05) is 39.0 Å². The van der Waals surface area contributed by atoms with Crippen molar-refractivity contribution < 1.29 is 18.3 Å². The van der Waals surface area contributed by atoms with Crippen molar-refractivity contribution in [3.05, 3.63) is 0 Å². The van der Waals surface area contributed by atoms with Gasteiger partial charge in [-0.25, -0.2) is 8.42 Å². The number of rotatable bonds is 3. The second-order valence-electron chi connectivity index (χ2n) is 6.69. The zero-order valence-corrected chi connectivity index (χ0v) is 13.5. The lowest BCUT2D eigenvalue weighted by atomic mass is 9.74. The third-order valence-electron chi connectivity index (χ3n) is 4.93. The van der Waals surface area contributed by atoms with E-state index in [9.17, 15) is 18.3 Å². The molecule has 3 N–H and O–H groups in total. The van der Waals surface area contributed by atoms with Crippen LogP contribution in [0.1, 0.15) is 26.2 Å². The minimum Gasteiger partial charge on any atom is -0.394 e. The number of hydrogen-bond donors (Lipinski definition) is 2. The average molecular weight is 319 g/mol. The molecule has 2 rings (SSSR count). The largest absolute Gasteiger partial charge is 0.394 e. The zero-order chi connectivity index (χ0) is 15.9. The number of aliphatic hydroxyl groups excluding tert-OH is 1. The lowest BCUT2D eigenvalue weighted by molar-refractivity contribution is -0.131. The number of hydrogen-bond acceptors (Lipinski definition) is 5. The van der Waals surface area contributed by atoms with Crippen LogP contribution in [0, 0.1) is 5.41 Å². The Kier molecular flexibility index (Phi) is 4.36. The fourth-order valence-corrected chi connectivity index (χ4v) is 5.23. The summed E-state index contributed by atoms with van der Waals surface area (Å²) in [4.78, 5) is 13.4. The summed E-state index contributed by atoms with van der Waals surface area (Å²) in [5.74, 6) is -0.0623. The van der Waals surface area contributed by atoms with Crippen LogP contribution in [0.2, 0.25) is 0 Å². The fraction of sp³-hybridized carbons (Fsp3) is 0.923. The predicted octanol–water partition coefficient (Wildman–Crippen LogP) is -1.03. The number of piperidine rings is 1. The molecule has 0 saturated carbocycles. The van der Waals surface area contributed by atoms with Crippen molar-refractivity contribution >= 4 is 15.9 Å². The van der Waals surface area contributed by atoms with Crippen LogP contribution in [0.3, 0.4) is 0 Å². The standard InChI is InChI=1S/C13H25N3O4S/c1-12(10-17)8-13(9-16(12)21(2,19)20)3-5-15(6-4-13)11(18)7-14/h17H,3-10,14H2,1-2H3/t12-/m0/s1. The first-order chi connectivity index (χ1) is 9.66. The Morgan fingerprint density at radius 2 is 1.90 bits per heavy atom. The zero-order valence-electron chi connectivity index (χ0n) is 12.7. The van der Waals surface area contributed by atoms with Gasteiger partial charge < -0.3 is 15.7 Å². The SMILES string of the molecule is C[C@@]1(CO)CC2(CCN(C(=O)CN)CC2)CN1S(C)(=O)=O. The van der Waals surface area contributed by atoms with E-state index >= 15 is 0 Å². The van der Waals surface area contributed by atoms with Crippen molar-refractivity contribution in [3.63, 3.8) is 0 Å². The number of amides is 1. The van der Waals surface area contributed by atoms with E-state index in [1.807, 2.05) is 0 Å². The molecule has 0 aromatic carbocycles. The molecule has 2 saturated heterocycles. The van der Waals surface area contributed by atoms with Gasteiger partial charge in [0.1, 0.15) is 0 Å². The van der Waals surface area contributed by atoms with Crippen LogP contribution in [0.4, 0.5) is 0 Å². The highest BCUT2D eigenvalue weighted by Crippen LogP contribution is 2.48. The molecule has 2 aliphatic rings. The molecule has 1 atom stereocenters. The van der Waals surface area contributed by atoms with Crippen LogP contribution in [0.5, 0.6) is 0 Å². The van der Waals surface area contributed by atoms with Crippen LogP contribution in [0.25, 0.3) is 0 Å². The van der Waals surface area contributed by atoms with Gasteiger partial charge in [0.25, 0.3) is 0 Å². The second kappa shape index (κ2) is 5.49. The smallest absolute Gasteiger partial charge is 0.236 e. The van der Waals surface area contributed by atoms with Gasteiger partial charge in [-0.3, -0.25) is 4.79 Å². The van der Waals surface area contributed by atoms with E-state index in [4.69, 9.17) is 5.73 Å². The van der Waals surface area contributed by atoms with E-state index in [-0.39, 0.29) is 24.5 Å². The summed E-state index contributed by atoms with van der Waals surface area (Å²) < 4.78 is 25.4. The lowest BCUT2D eigenvalue weighted by Crippen LogP contribution is -2.47. The number of carbonyl (C=O) groups excluding carboxylic acids is 1. The number of nitrogens with zero attached hydrogens (tertiary/aromatic N) is 2. The Hall–Kier alpha value is -0.700. The third-order valence-corrected chi connectivity index (χ3v) is 6.30. The van der Waals surface area contributed by atoms with Crippen LogP contribution in [-0.4, -0.2) is 73.2 Å². The van der Waals surface area contributed by atoms with Crippen LogP contribution in [-0.2, 0) is 14.8 Å². The highest BCUT2D eigenvalue weighted by atomic mass is 32.2. The van der Waals surface area contributed by atoms with Gasteiger partial charge >= 0.3 is 0 Å². The van der Waals surface area contributed by atoms with E-state index in [0.717, 1.165) is 12.8 Å². The monoisotopic (exact) mass is 319 g/mol. The van der Waals surface area contributed by atoms with E-state index in [1.54, 1.807) is 11.8 Å². The van der Waals surface area contributed by atoms with Gasteiger partial charge in [-0.1, -0.05) is 0 Å². The topological polar surface area (TPSA) is 104 Å². The number of nitrogens with two attached hydrogens (primary N) is 1. The Balaban J connectivity index is 2.15. The maximum Gasteiger partial charge on any atom is 0.236 e. The molecule has 0 aromatic rings. The van der Waals surface area contributed by atoms with Crippen LogP contribution < -0.4 is 5.73 Å².